The molecule has 0 saturated carbocycles. The molecule has 0 radical (unpaired) electrons. The standard InChI is InChI=1S/C10H12ClN3O/c1-6-9(11)10(12)14(13-6)7(2)8-4-3-5-15-8/h3-5,7H,12H2,1-2H3. The first-order valence-corrected chi connectivity index (χ1v) is 5.02. The molecule has 2 N–H and O–H groups in total. The maximum atomic E-state index is 5.96. The summed E-state index contributed by atoms with van der Waals surface area (Å²) in [4.78, 5) is 0. The lowest BCUT2D eigenvalue weighted by Crippen LogP contribution is -2.10. The van der Waals surface area contributed by atoms with Gasteiger partial charge in [-0.15, -0.1) is 0 Å². The van der Waals surface area contributed by atoms with Gasteiger partial charge < -0.3 is 10.2 Å². The number of hydrogen-bond acceptors (Lipinski definition) is 3. The van der Waals surface area contributed by atoms with E-state index < -0.39 is 0 Å². The van der Waals surface area contributed by atoms with Gasteiger partial charge in [0.15, 0.2) is 0 Å². The highest BCUT2D eigenvalue weighted by atomic mass is 35.5. The molecular formula is C10H12ClN3O. The van der Waals surface area contributed by atoms with Crippen LogP contribution in [-0.4, -0.2) is 9.78 Å². The monoisotopic (exact) mass is 225 g/mol. The van der Waals surface area contributed by atoms with Crippen LogP contribution in [0.2, 0.25) is 5.02 Å². The average molecular weight is 226 g/mol. The Labute approximate surface area is 92.6 Å². The molecule has 4 nitrogen and oxygen atoms in total. The lowest BCUT2D eigenvalue weighted by Gasteiger charge is -2.10. The Balaban J connectivity index is 2.42. The molecule has 0 fully saturated rings. The molecule has 0 bridgehead atoms. The molecule has 5 heteroatoms. The van der Waals surface area contributed by atoms with Gasteiger partial charge >= 0.3 is 0 Å². The van der Waals surface area contributed by atoms with Gasteiger partial charge in [-0.25, -0.2) is 4.68 Å². The first-order chi connectivity index (χ1) is 7.11. The van der Waals surface area contributed by atoms with Crippen LogP contribution in [0.25, 0.3) is 0 Å². The molecule has 0 saturated heterocycles. The zero-order valence-electron chi connectivity index (χ0n) is 8.57. The number of hydrogen-bond donors (Lipinski definition) is 1. The summed E-state index contributed by atoms with van der Waals surface area (Å²) in [5, 5.41) is 4.77. The SMILES string of the molecule is Cc1nn(C(C)c2ccco2)c(N)c1Cl. The first kappa shape index (κ1) is 10.1. The summed E-state index contributed by atoms with van der Waals surface area (Å²) in [5.74, 6) is 1.28. The quantitative estimate of drug-likeness (QED) is 0.855. The third kappa shape index (κ3) is 1.61. The van der Waals surface area contributed by atoms with Crippen LogP contribution in [0.5, 0.6) is 0 Å². The van der Waals surface area contributed by atoms with Gasteiger partial charge in [-0.1, -0.05) is 11.6 Å². The van der Waals surface area contributed by atoms with Crippen LogP contribution in [0.15, 0.2) is 22.8 Å². The van der Waals surface area contributed by atoms with E-state index in [4.69, 9.17) is 21.8 Å². The van der Waals surface area contributed by atoms with Crippen molar-refractivity contribution in [3.05, 3.63) is 34.9 Å². The molecule has 2 aromatic rings. The molecule has 0 aliphatic heterocycles. The second kappa shape index (κ2) is 3.62. The normalized spacial score (nSPS) is 13.0. The van der Waals surface area contributed by atoms with Crippen molar-refractivity contribution in [1.82, 2.24) is 9.78 Å². The summed E-state index contributed by atoms with van der Waals surface area (Å²) < 4.78 is 6.96. The van der Waals surface area contributed by atoms with Gasteiger partial charge in [-0.3, -0.25) is 0 Å². The van der Waals surface area contributed by atoms with E-state index in [0.717, 1.165) is 11.5 Å². The summed E-state index contributed by atoms with van der Waals surface area (Å²) in [5.41, 5.74) is 6.57. The minimum atomic E-state index is -0.0498. The van der Waals surface area contributed by atoms with Crippen LogP contribution in [0.1, 0.15) is 24.4 Å². The van der Waals surface area contributed by atoms with E-state index in [0.29, 0.717) is 10.8 Å². The molecule has 0 aliphatic carbocycles. The topological polar surface area (TPSA) is 57.0 Å². The summed E-state index contributed by atoms with van der Waals surface area (Å²) >= 11 is 5.96. The summed E-state index contributed by atoms with van der Waals surface area (Å²) in [6, 6.07) is 3.67. The predicted octanol–water partition coefficient (Wildman–Crippen LogP) is 2.63. The molecule has 1 atom stereocenters. The van der Waals surface area contributed by atoms with Gasteiger partial charge in [0.05, 0.1) is 12.0 Å². The van der Waals surface area contributed by atoms with Crippen molar-refractivity contribution >= 4 is 17.4 Å². The minimum absolute atomic E-state index is 0.0498. The number of nitrogens with two attached hydrogens (primary N) is 1. The van der Waals surface area contributed by atoms with Crippen LogP contribution >= 0.6 is 11.6 Å². The van der Waals surface area contributed by atoms with Crippen LogP contribution in [0.3, 0.4) is 0 Å². The Morgan fingerprint density at radius 3 is 2.80 bits per heavy atom. The van der Waals surface area contributed by atoms with Crippen LogP contribution < -0.4 is 5.73 Å². The summed E-state index contributed by atoms with van der Waals surface area (Å²) in [6.07, 6.45) is 1.62. The number of anilines is 1. The van der Waals surface area contributed by atoms with Gasteiger partial charge in [0, 0.05) is 0 Å². The van der Waals surface area contributed by atoms with E-state index in [1.807, 2.05) is 26.0 Å². The fraction of sp³-hybridized carbons (Fsp3) is 0.300. The Kier molecular flexibility index (Phi) is 2.44. The molecule has 2 aromatic heterocycles. The highest BCUT2D eigenvalue weighted by molar-refractivity contribution is 6.33. The van der Waals surface area contributed by atoms with E-state index in [1.165, 1.54) is 0 Å². The van der Waals surface area contributed by atoms with E-state index in [-0.39, 0.29) is 6.04 Å². The third-order valence-electron chi connectivity index (χ3n) is 2.37. The van der Waals surface area contributed by atoms with Crippen LogP contribution in [0, 0.1) is 6.92 Å². The molecule has 15 heavy (non-hydrogen) atoms. The Morgan fingerprint density at radius 2 is 2.33 bits per heavy atom. The smallest absolute Gasteiger partial charge is 0.141 e. The van der Waals surface area contributed by atoms with Crippen molar-refractivity contribution in [2.24, 2.45) is 0 Å². The fourth-order valence-corrected chi connectivity index (χ4v) is 1.61. The van der Waals surface area contributed by atoms with Gasteiger partial charge in [-0.05, 0) is 26.0 Å². The van der Waals surface area contributed by atoms with E-state index >= 15 is 0 Å². The first-order valence-electron chi connectivity index (χ1n) is 4.64. The largest absolute Gasteiger partial charge is 0.467 e. The Morgan fingerprint density at radius 1 is 1.60 bits per heavy atom. The van der Waals surface area contributed by atoms with Gasteiger partial charge in [0.1, 0.15) is 22.6 Å². The van der Waals surface area contributed by atoms with Crippen molar-refractivity contribution in [2.75, 3.05) is 5.73 Å². The molecule has 0 aromatic carbocycles. The van der Waals surface area contributed by atoms with E-state index in [2.05, 4.69) is 5.10 Å². The number of halogens is 1. The molecular weight excluding hydrogens is 214 g/mol. The van der Waals surface area contributed by atoms with Crippen molar-refractivity contribution < 1.29 is 4.42 Å². The van der Waals surface area contributed by atoms with Crippen molar-refractivity contribution in [3.63, 3.8) is 0 Å². The molecule has 80 valence electrons. The molecule has 0 aliphatic rings. The molecule has 2 rings (SSSR count). The fourth-order valence-electron chi connectivity index (χ4n) is 1.49. The Hall–Kier alpha value is -1.42. The number of nitrogens with zero attached hydrogens (tertiary/aromatic N) is 2. The van der Waals surface area contributed by atoms with Crippen molar-refractivity contribution in [1.29, 1.82) is 0 Å². The van der Waals surface area contributed by atoms with Crippen LogP contribution in [-0.2, 0) is 0 Å². The molecule has 1 unspecified atom stereocenters. The number of rotatable bonds is 2. The second-order valence-corrected chi connectivity index (χ2v) is 3.80. The summed E-state index contributed by atoms with van der Waals surface area (Å²) in [7, 11) is 0. The van der Waals surface area contributed by atoms with Gasteiger partial charge in [0.25, 0.3) is 0 Å². The average Bonchev–Trinajstić information content (AvgIpc) is 2.82. The predicted molar refractivity (Wildman–Crippen MR) is 58.9 cm³/mol. The van der Waals surface area contributed by atoms with E-state index in [1.54, 1.807) is 10.9 Å². The number of nitrogen functional groups attached to an aromatic ring is 1. The summed E-state index contributed by atoms with van der Waals surface area (Å²) in [6.45, 7) is 3.78. The number of furan rings is 1. The number of aromatic nitrogens is 2. The molecule has 0 spiro atoms. The lowest BCUT2D eigenvalue weighted by molar-refractivity contribution is 0.427. The van der Waals surface area contributed by atoms with Crippen molar-refractivity contribution in [2.45, 2.75) is 19.9 Å². The van der Waals surface area contributed by atoms with Crippen molar-refractivity contribution in [3.8, 4) is 0 Å². The van der Waals surface area contributed by atoms with Gasteiger partial charge in [0.2, 0.25) is 0 Å². The number of aryl methyl sites for hydroxylation is 1. The highest BCUT2D eigenvalue weighted by Gasteiger charge is 2.18. The highest BCUT2D eigenvalue weighted by Crippen LogP contribution is 2.28. The van der Waals surface area contributed by atoms with Gasteiger partial charge in [-0.2, -0.15) is 5.10 Å². The third-order valence-corrected chi connectivity index (χ3v) is 2.84. The zero-order chi connectivity index (χ0) is 11.0. The maximum Gasteiger partial charge on any atom is 0.141 e. The lowest BCUT2D eigenvalue weighted by atomic mass is 10.2. The Bertz CT molecular complexity index is 461. The minimum Gasteiger partial charge on any atom is -0.467 e. The second-order valence-electron chi connectivity index (χ2n) is 3.42. The zero-order valence-corrected chi connectivity index (χ0v) is 9.32. The maximum absolute atomic E-state index is 5.96. The van der Waals surface area contributed by atoms with E-state index in [9.17, 15) is 0 Å². The van der Waals surface area contributed by atoms with Crippen LogP contribution in [0.4, 0.5) is 5.82 Å². The molecule has 2 heterocycles. The molecule has 0 amide bonds.